The van der Waals surface area contributed by atoms with Gasteiger partial charge in [-0.1, -0.05) is 19.6 Å². The van der Waals surface area contributed by atoms with Crippen LogP contribution in [0.5, 0.6) is 0 Å². The summed E-state index contributed by atoms with van der Waals surface area (Å²) in [6.07, 6.45) is -4.19. The van der Waals surface area contributed by atoms with Crippen LogP contribution in [0.15, 0.2) is 0 Å². The standard InChI is InChI=1S/C4H6F3S/c1-2-3(8)4(5,6)7/h3H,2H2,1H3. The summed E-state index contributed by atoms with van der Waals surface area (Å²) in [7, 11) is 0. The maximum atomic E-state index is 11.3. The van der Waals surface area contributed by atoms with Crippen LogP contribution in [0.1, 0.15) is 13.3 Å². The van der Waals surface area contributed by atoms with E-state index in [-0.39, 0.29) is 6.42 Å². The van der Waals surface area contributed by atoms with Gasteiger partial charge in [0.05, 0.1) is 0 Å². The second kappa shape index (κ2) is 2.62. The summed E-state index contributed by atoms with van der Waals surface area (Å²) in [6, 6.07) is 0. The minimum absolute atomic E-state index is 0.0150. The van der Waals surface area contributed by atoms with E-state index in [4.69, 9.17) is 0 Å². The summed E-state index contributed by atoms with van der Waals surface area (Å²) in [5, 5.41) is -1.57. The third-order valence-electron chi connectivity index (χ3n) is 0.736. The first-order chi connectivity index (χ1) is 3.48. The lowest BCUT2D eigenvalue weighted by molar-refractivity contribution is -0.128. The molecule has 0 rings (SSSR count). The van der Waals surface area contributed by atoms with Crippen LogP contribution in [-0.4, -0.2) is 11.4 Å². The summed E-state index contributed by atoms with van der Waals surface area (Å²) in [5.41, 5.74) is 0. The molecule has 4 heteroatoms. The largest absolute Gasteiger partial charge is 0.401 e. The fourth-order valence-electron chi connectivity index (χ4n) is 0.231. The fourth-order valence-corrected chi connectivity index (χ4v) is 0.231. The maximum absolute atomic E-state index is 11.3. The van der Waals surface area contributed by atoms with Crippen LogP contribution in [0, 0.1) is 0 Å². The first kappa shape index (κ1) is 8.14. The average Bonchev–Trinajstić information content (AvgIpc) is 1.62. The lowest BCUT2D eigenvalue weighted by Gasteiger charge is -2.09. The normalized spacial score (nSPS) is 16.1. The third-order valence-corrected chi connectivity index (χ3v) is 1.34. The molecule has 0 aliphatic carbocycles. The fraction of sp³-hybridized carbons (Fsp3) is 1.00. The highest BCUT2D eigenvalue weighted by Gasteiger charge is 2.35. The molecule has 0 heterocycles. The van der Waals surface area contributed by atoms with E-state index < -0.39 is 11.4 Å². The van der Waals surface area contributed by atoms with Crippen molar-refractivity contribution in [2.24, 2.45) is 0 Å². The zero-order chi connectivity index (χ0) is 6.78. The van der Waals surface area contributed by atoms with Gasteiger partial charge in [0.25, 0.3) is 0 Å². The molecular weight excluding hydrogens is 137 g/mol. The molecule has 1 atom stereocenters. The number of halogens is 3. The first-order valence-electron chi connectivity index (χ1n) is 2.21. The second-order valence-corrected chi connectivity index (χ2v) is 2.01. The summed E-state index contributed by atoms with van der Waals surface area (Å²) in [5.74, 6) is 0. The van der Waals surface area contributed by atoms with Crippen molar-refractivity contribution in [2.75, 3.05) is 0 Å². The van der Waals surface area contributed by atoms with Crippen molar-refractivity contribution in [3.05, 3.63) is 0 Å². The van der Waals surface area contributed by atoms with Crippen LogP contribution in [0.25, 0.3) is 0 Å². The Kier molecular flexibility index (Phi) is 2.66. The van der Waals surface area contributed by atoms with E-state index in [0.717, 1.165) is 0 Å². The maximum Gasteiger partial charge on any atom is 0.401 e. The molecule has 0 aliphatic heterocycles. The van der Waals surface area contributed by atoms with E-state index >= 15 is 0 Å². The van der Waals surface area contributed by atoms with E-state index in [0.29, 0.717) is 0 Å². The molecule has 0 saturated heterocycles. The van der Waals surface area contributed by atoms with Crippen molar-refractivity contribution >= 4 is 12.6 Å². The third kappa shape index (κ3) is 2.45. The number of rotatable bonds is 1. The minimum atomic E-state index is -4.18. The highest BCUT2D eigenvalue weighted by atomic mass is 32.1. The second-order valence-electron chi connectivity index (χ2n) is 1.44. The summed E-state index contributed by atoms with van der Waals surface area (Å²) in [6.45, 7) is 1.42. The number of hydrogen-bond donors (Lipinski definition) is 0. The van der Waals surface area contributed by atoms with Gasteiger partial charge >= 0.3 is 6.18 Å². The van der Waals surface area contributed by atoms with Crippen LogP contribution in [0.2, 0.25) is 0 Å². The smallest absolute Gasteiger partial charge is 0.170 e. The van der Waals surface area contributed by atoms with Gasteiger partial charge in [-0.3, -0.25) is 0 Å². The van der Waals surface area contributed by atoms with Gasteiger partial charge in [0.1, 0.15) is 5.25 Å². The zero-order valence-electron chi connectivity index (χ0n) is 4.33. The van der Waals surface area contributed by atoms with Crippen LogP contribution in [0.4, 0.5) is 13.2 Å². The van der Waals surface area contributed by atoms with Gasteiger partial charge in [-0.25, -0.2) is 0 Å². The van der Waals surface area contributed by atoms with Crippen molar-refractivity contribution in [3.8, 4) is 0 Å². The number of alkyl halides is 3. The van der Waals surface area contributed by atoms with Crippen LogP contribution in [-0.2, 0) is 0 Å². The Balaban J connectivity index is 3.62. The van der Waals surface area contributed by atoms with Crippen LogP contribution in [0.3, 0.4) is 0 Å². The topological polar surface area (TPSA) is 0 Å². The van der Waals surface area contributed by atoms with Crippen molar-refractivity contribution in [2.45, 2.75) is 24.8 Å². The molecule has 0 nitrogen and oxygen atoms in total. The Morgan fingerprint density at radius 2 is 1.88 bits per heavy atom. The molecule has 0 aromatic heterocycles. The molecule has 1 radical (unpaired) electrons. The number of hydrogen-bond acceptors (Lipinski definition) is 0. The summed E-state index contributed by atoms with van der Waals surface area (Å²) < 4.78 is 34.0. The molecule has 0 fully saturated rings. The average molecular weight is 143 g/mol. The van der Waals surface area contributed by atoms with Gasteiger partial charge in [0.2, 0.25) is 0 Å². The van der Waals surface area contributed by atoms with E-state index in [1.165, 1.54) is 6.92 Å². The minimum Gasteiger partial charge on any atom is -0.170 e. The Morgan fingerprint density at radius 1 is 1.50 bits per heavy atom. The van der Waals surface area contributed by atoms with Crippen molar-refractivity contribution in [1.29, 1.82) is 0 Å². The predicted molar refractivity (Wildman–Crippen MR) is 27.7 cm³/mol. The first-order valence-corrected chi connectivity index (χ1v) is 2.68. The predicted octanol–water partition coefficient (Wildman–Crippen LogP) is 2.52. The van der Waals surface area contributed by atoms with Crippen molar-refractivity contribution in [3.63, 3.8) is 0 Å². The zero-order valence-corrected chi connectivity index (χ0v) is 5.14. The SMILES string of the molecule is CCC([S])C(F)(F)F. The van der Waals surface area contributed by atoms with Gasteiger partial charge in [-0.2, -0.15) is 13.2 Å². The molecule has 0 amide bonds. The molecule has 1 unspecified atom stereocenters. The molecule has 0 aromatic rings. The summed E-state index contributed by atoms with van der Waals surface area (Å²) >= 11 is 4.05. The molecule has 0 aromatic carbocycles. The van der Waals surface area contributed by atoms with Gasteiger partial charge < -0.3 is 0 Å². The Morgan fingerprint density at radius 3 is 1.88 bits per heavy atom. The highest BCUT2D eigenvalue weighted by molar-refractivity contribution is 7.81. The van der Waals surface area contributed by atoms with E-state index in [9.17, 15) is 13.2 Å². The van der Waals surface area contributed by atoms with Gasteiger partial charge in [0, 0.05) is 0 Å². The monoisotopic (exact) mass is 143 g/mol. The lowest BCUT2D eigenvalue weighted by atomic mass is 10.3. The van der Waals surface area contributed by atoms with Crippen LogP contribution < -0.4 is 0 Å². The molecular formula is C4H6F3S. The molecule has 0 bridgehead atoms. The Labute approximate surface area is 51.5 Å². The molecule has 0 saturated carbocycles. The van der Waals surface area contributed by atoms with Gasteiger partial charge in [0.15, 0.2) is 0 Å². The molecule has 49 valence electrons. The van der Waals surface area contributed by atoms with Crippen LogP contribution >= 0.6 is 12.6 Å². The Bertz CT molecular complexity index is 68.2. The van der Waals surface area contributed by atoms with Crippen molar-refractivity contribution in [1.82, 2.24) is 0 Å². The quantitative estimate of drug-likeness (QED) is 0.529. The van der Waals surface area contributed by atoms with E-state index in [1.54, 1.807) is 0 Å². The van der Waals surface area contributed by atoms with Gasteiger partial charge in [-0.05, 0) is 6.42 Å². The lowest BCUT2D eigenvalue weighted by Crippen LogP contribution is -2.21. The molecule has 0 spiro atoms. The highest BCUT2D eigenvalue weighted by Crippen LogP contribution is 2.26. The van der Waals surface area contributed by atoms with Gasteiger partial charge in [-0.15, -0.1) is 0 Å². The molecule has 0 aliphatic rings. The molecule has 8 heavy (non-hydrogen) atoms. The van der Waals surface area contributed by atoms with Crippen molar-refractivity contribution < 1.29 is 13.2 Å². The molecule has 0 N–H and O–H groups in total. The summed E-state index contributed by atoms with van der Waals surface area (Å²) in [4.78, 5) is 0. The van der Waals surface area contributed by atoms with E-state index in [2.05, 4.69) is 12.6 Å². The Hall–Kier alpha value is 0.140. The van der Waals surface area contributed by atoms with E-state index in [1.807, 2.05) is 0 Å².